The molecule has 3 aromatic carbocycles. The number of aryl methyl sites for hydroxylation is 1. The average Bonchev–Trinajstić information content (AvgIpc) is 3.06. The summed E-state index contributed by atoms with van der Waals surface area (Å²) in [6.07, 6.45) is 0.247. The molecular formula is C24H18ClNO3. The first kappa shape index (κ1) is 19.0. The van der Waals surface area contributed by atoms with Crippen LogP contribution in [0.2, 0.25) is 5.02 Å². The van der Waals surface area contributed by atoms with E-state index in [1.54, 1.807) is 36.4 Å². The van der Waals surface area contributed by atoms with Crippen molar-refractivity contribution in [2.45, 2.75) is 13.3 Å². The maximum Gasteiger partial charge on any atom is 0.228 e. The van der Waals surface area contributed by atoms with Crippen molar-refractivity contribution in [3.05, 3.63) is 100 Å². The Kier molecular flexibility index (Phi) is 5.19. The number of carbonyl (C=O) groups excluding carboxylic acids is 2. The van der Waals surface area contributed by atoms with Crippen LogP contribution in [0.25, 0.3) is 11.0 Å². The van der Waals surface area contributed by atoms with E-state index in [4.69, 9.17) is 16.0 Å². The van der Waals surface area contributed by atoms with E-state index in [0.717, 1.165) is 16.5 Å². The van der Waals surface area contributed by atoms with E-state index in [1.807, 2.05) is 43.3 Å². The van der Waals surface area contributed by atoms with E-state index in [1.165, 1.54) is 0 Å². The van der Waals surface area contributed by atoms with Crippen LogP contribution in [-0.4, -0.2) is 11.7 Å². The summed E-state index contributed by atoms with van der Waals surface area (Å²) in [6, 6.07) is 21.6. The fourth-order valence-electron chi connectivity index (χ4n) is 3.23. The largest absolute Gasteiger partial charge is 0.452 e. The molecule has 1 N–H and O–H groups in total. The van der Waals surface area contributed by atoms with Gasteiger partial charge >= 0.3 is 0 Å². The first-order valence-corrected chi connectivity index (χ1v) is 9.56. The Labute approximate surface area is 173 Å². The molecule has 0 aliphatic rings. The van der Waals surface area contributed by atoms with Crippen LogP contribution in [0.5, 0.6) is 0 Å². The Morgan fingerprint density at radius 1 is 0.966 bits per heavy atom. The van der Waals surface area contributed by atoms with Gasteiger partial charge in [-0.15, -0.1) is 0 Å². The Bertz CT molecular complexity index is 1190. The van der Waals surface area contributed by atoms with Crippen molar-refractivity contribution >= 4 is 39.9 Å². The van der Waals surface area contributed by atoms with E-state index in [0.29, 0.717) is 27.6 Å². The molecule has 29 heavy (non-hydrogen) atoms. The molecule has 4 nitrogen and oxygen atoms in total. The smallest absolute Gasteiger partial charge is 0.228 e. The monoisotopic (exact) mass is 403 g/mol. The third kappa shape index (κ3) is 4.08. The highest BCUT2D eigenvalue weighted by atomic mass is 35.5. The molecule has 4 aromatic rings. The molecule has 0 aliphatic heterocycles. The van der Waals surface area contributed by atoms with Gasteiger partial charge in [-0.1, -0.05) is 54.1 Å². The summed E-state index contributed by atoms with van der Waals surface area (Å²) in [5.74, 6) is 0.0249. The SMILES string of the molecule is Cc1c(C(=O)c2ccccc2)oc2ccc(NC(=O)Cc3ccc(Cl)cc3)cc12. The van der Waals surface area contributed by atoms with Gasteiger partial charge in [0.15, 0.2) is 5.76 Å². The van der Waals surface area contributed by atoms with Gasteiger partial charge < -0.3 is 9.73 Å². The lowest BCUT2D eigenvalue weighted by Gasteiger charge is -2.06. The molecule has 1 aromatic heterocycles. The van der Waals surface area contributed by atoms with Gasteiger partial charge in [-0.2, -0.15) is 0 Å². The number of halogens is 1. The lowest BCUT2D eigenvalue weighted by Crippen LogP contribution is -2.14. The van der Waals surface area contributed by atoms with Crippen molar-refractivity contribution in [1.29, 1.82) is 0 Å². The van der Waals surface area contributed by atoms with Crippen LogP contribution >= 0.6 is 11.6 Å². The molecule has 1 heterocycles. The number of carbonyl (C=O) groups is 2. The van der Waals surface area contributed by atoms with Crippen molar-refractivity contribution in [1.82, 2.24) is 0 Å². The summed E-state index contributed by atoms with van der Waals surface area (Å²) < 4.78 is 5.81. The Morgan fingerprint density at radius 2 is 1.69 bits per heavy atom. The molecule has 0 radical (unpaired) electrons. The summed E-state index contributed by atoms with van der Waals surface area (Å²) in [7, 11) is 0. The summed E-state index contributed by atoms with van der Waals surface area (Å²) in [5, 5.41) is 4.33. The van der Waals surface area contributed by atoms with Crippen molar-refractivity contribution in [3.63, 3.8) is 0 Å². The zero-order valence-corrected chi connectivity index (χ0v) is 16.5. The van der Waals surface area contributed by atoms with Gasteiger partial charge in [0.2, 0.25) is 11.7 Å². The molecule has 0 spiro atoms. The van der Waals surface area contributed by atoms with E-state index in [9.17, 15) is 9.59 Å². The number of anilines is 1. The molecule has 1 amide bonds. The number of amides is 1. The Hall–Kier alpha value is -3.37. The fraction of sp³-hybridized carbons (Fsp3) is 0.0833. The number of nitrogens with one attached hydrogen (secondary N) is 1. The van der Waals surface area contributed by atoms with Crippen LogP contribution in [0.1, 0.15) is 27.2 Å². The van der Waals surface area contributed by atoms with Gasteiger partial charge in [-0.3, -0.25) is 9.59 Å². The van der Waals surface area contributed by atoms with Gasteiger partial charge in [0.1, 0.15) is 5.58 Å². The normalized spacial score (nSPS) is 10.8. The van der Waals surface area contributed by atoms with Gasteiger partial charge in [-0.05, 0) is 42.8 Å². The van der Waals surface area contributed by atoms with Crippen molar-refractivity contribution in [2.24, 2.45) is 0 Å². The summed E-state index contributed by atoms with van der Waals surface area (Å²) >= 11 is 5.88. The van der Waals surface area contributed by atoms with E-state index in [2.05, 4.69) is 5.32 Å². The topological polar surface area (TPSA) is 59.3 Å². The Balaban J connectivity index is 1.56. The van der Waals surface area contributed by atoms with Gasteiger partial charge in [-0.25, -0.2) is 0 Å². The number of ketones is 1. The quantitative estimate of drug-likeness (QED) is 0.428. The average molecular weight is 404 g/mol. The van der Waals surface area contributed by atoms with Crippen LogP contribution in [0.3, 0.4) is 0 Å². The standard InChI is InChI=1S/C24H18ClNO3/c1-15-20-14-19(26-22(27)13-16-7-9-18(25)10-8-16)11-12-21(20)29-24(15)23(28)17-5-3-2-4-6-17/h2-12,14H,13H2,1H3,(H,26,27). The second-order valence-corrected chi connectivity index (χ2v) is 7.25. The number of rotatable bonds is 5. The van der Waals surface area contributed by atoms with Crippen LogP contribution in [-0.2, 0) is 11.2 Å². The predicted molar refractivity (Wildman–Crippen MR) is 115 cm³/mol. The van der Waals surface area contributed by atoms with Crippen LogP contribution in [0.15, 0.2) is 77.2 Å². The highest BCUT2D eigenvalue weighted by Crippen LogP contribution is 2.29. The van der Waals surface area contributed by atoms with E-state index < -0.39 is 0 Å². The Morgan fingerprint density at radius 3 is 2.41 bits per heavy atom. The summed E-state index contributed by atoms with van der Waals surface area (Å²) in [5.41, 5.74) is 3.47. The highest BCUT2D eigenvalue weighted by Gasteiger charge is 2.19. The molecule has 0 saturated carbocycles. The molecule has 0 unspecified atom stereocenters. The molecule has 0 bridgehead atoms. The molecule has 144 valence electrons. The maximum atomic E-state index is 12.8. The third-order valence-corrected chi connectivity index (χ3v) is 4.99. The second-order valence-electron chi connectivity index (χ2n) is 6.81. The van der Waals surface area contributed by atoms with Crippen LogP contribution in [0.4, 0.5) is 5.69 Å². The van der Waals surface area contributed by atoms with Gasteiger partial charge in [0.25, 0.3) is 0 Å². The zero-order valence-electron chi connectivity index (χ0n) is 15.7. The van der Waals surface area contributed by atoms with Gasteiger partial charge in [0.05, 0.1) is 6.42 Å². The fourth-order valence-corrected chi connectivity index (χ4v) is 3.35. The van der Waals surface area contributed by atoms with Crippen LogP contribution in [0, 0.1) is 6.92 Å². The van der Waals surface area contributed by atoms with Crippen LogP contribution < -0.4 is 5.32 Å². The highest BCUT2D eigenvalue weighted by molar-refractivity contribution is 6.30. The minimum Gasteiger partial charge on any atom is -0.452 e. The lowest BCUT2D eigenvalue weighted by molar-refractivity contribution is -0.115. The first-order valence-electron chi connectivity index (χ1n) is 9.18. The number of furan rings is 1. The number of hydrogen-bond donors (Lipinski definition) is 1. The summed E-state index contributed by atoms with van der Waals surface area (Å²) in [6.45, 7) is 1.85. The van der Waals surface area contributed by atoms with Crippen molar-refractivity contribution in [2.75, 3.05) is 5.32 Å². The molecule has 0 saturated heterocycles. The molecular weight excluding hydrogens is 386 g/mol. The minimum absolute atomic E-state index is 0.131. The van der Waals surface area contributed by atoms with Crippen molar-refractivity contribution in [3.8, 4) is 0 Å². The molecule has 0 aliphatic carbocycles. The van der Waals surface area contributed by atoms with Gasteiger partial charge in [0, 0.05) is 27.2 Å². The second kappa shape index (κ2) is 7.94. The van der Waals surface area contributed by atoms with Crippen molar-refractivity contribution < 1.29 is 14.0 Å². The van der Waals surface area contributed by atoms with E-state index in [-0.39, 0.29) is 18.1 Å². The lowest BCUT2D eigenvalue weighted by atomic mass is 10.0. The zero-order chi connectivity index (χ0) is 20.4. The molecule has 4 rings (SSSR count). The molecule has 5 heteroatoms. The third-order valence-electron chi connectivity index (χ3n) is 4.74. The van der Waals surface area contributed by atoms with E-state index >= 15 is 0 Å². The minimum atomic E-state index is -0.160. The summed E-state index contributed by atoms with van der Waals surface area (Å²) in [4.78, 5) is 25.1. The number of fused-ring (bicyclic) bond motifs is 1. The maximum absolute atomic E-state index is 12.8. The number of hydrogen-bond acceptors (Lipinski definition) is 3. The predicted octanol–water partition coefficient (Wildman–Crippen LogP) is 5.81. The molecule has 0 atom stereocenters. The molecule has 0 fully saturated rings. The first-order chi connectivity index (χ1) is 14.0. The number of benzene rings is 3.